The predicted molar refractivity (Wildman–Crippen MR) is 133 cm³/mol. The van der Waals surface area contributed by atoms with Gasteiger partial charge in [0.25, 0.3) is 12.3 Å². The van der Waals surface area contributed by atoms with Gasteiger partial charge < -0.3 is 10.6 Å². The molecule has 0 saturated carbocycles. The Morgan fingerprint density at radius 1 is 1.06 bits per heavy atom. The van der Waals surface area contributed by atoms with Crippen LogP contribution in [0.25, 0.3) is 22.4 Å². The molecular weight excluding hydrogens is 497 g/mol. The molecule has 4 rings (SSSR count). The number of carbonyl (C=O) groups is 1. The first-order valence-electron chi connectivity index (χ1n) is 11.1. The Morgan fingerprint density at radius 3 is 2.31 bits per heavy atom. The number of benzene rings is 1. The van der Waals surface area contributed by atoms with Gasteiger partial charge in [0.15, 0.2) is 0 Å². The van der Waals surface area contributed by atoms with Crippen molar-refractivity contribution in [3.63, 3.8) is 0 Å². The zero-order chi connectivity index (χ0) is 25.1. The summed E-state index contributed by atoms with van der Waals surface area (Å²) in [7, 11) is 0. The van der Waals surface area contributed by atoms with E-state index in [0.29, 0.717) is 49.7 Å². The Hall–Kier alpha value is -2.88. The monoisotopic (exact) mass is 520 g/mol. The lowest BCUT2D eigenvalue weighted by molar-refractivity contribution is 0.0459. The molecule has 0 spiro atoms. The lowest BCUT2D eigenvalue weighted by Crippen LogP contribution is -2.49. The van der Waals surface area contributed by atoms with Gasteiger partial charge in [0.1, 0.15) is 12.1 Å². The van der Waals surface area contributed by atoms with Gasteiger partial charge >= 0.3 is 0 Å². The van der Waals surface area contributed by atoms with Crippen LogP contribution in [0.3, 0.4) is 0 Å². The van der Waals surface area contributed by atoms with Crippen LogP contribution in [-0.4, -0.2) is 69.8 Å². The molecule has 1 saturated heterocycles. The minimum Gasteiger partial charge on any atom is -0.384 e. The van der Waals surface area contributed by atoms with Gasteiger partial charge in [-0.05, 0) is 30.7 Å². The molecule has 1 aliphatic rings. The van der Waals surface area contributed by atoms with Gasteiger partial charge in [-0.2, -0.15) is 0 Å². The molecule has 11 heteroatoms. The number of pyridine rings is 1. The fourth-order valence-corrected chi connectivity index (χ4v) is 4.82. The molecular formula is C24H24Cl2F2N6O. The number of halogens is 4. The molecule has 0 radical (unpaired) electrons. The van der Waals surface area contributed by atoms with E-state index < -0.39 is 6.43 Å². The van der Waals surface area contributed by atoms with E-state index in [1.165, 1.54) is 6.33 Å². The highest BCUT2D eigenvalue weighted by molar-refractivity contribution is 6.40. The van der Waals surface area contributed by atoms with Crippen molar-refractivity contribution >= 4 is 34.9 Å². The van der Waals surface area contributed by atoms with Crippen LogP contribution in [0.1, 0.15) is 23.0 Å². The third-order valence-corrected chi connectivity index (χ3v) is 6.52. The molecule has 3 heterocycles. The summed E-state index contributed by atoms with van der Waals surface area (Å²) >= 11 is 13.2. The van der Waals surface area contributed by atoms with Crippen LogP contribution < -0.4 is 5.73 Å². The number of carbonyl (C=O) groups excluding carboxylic acids is 1. The van der Waals surface area contributed by atoms with Gasteiger partial charge in [-0.15, -0.1) is 0 Å². The van der Waals surface area contributed by atoms with Crippen molar-refractivity contribution in [1.82, 2.24) is 24.8 Å². The van der Waals surface area contributed by atoms with Gasteiger partial charge in [0.05, 0.1) is 33.5 Å². The average molecular weight is 521 g/mol. The number of nitrogens with zero attached hydrogens (tertiary/aromatic N) is 5. The first-order chi connectivity index (χ1) is 16.8. The van der Waals surface area contributed by atoms with Gasteiger partial charge in [-0.1, -0.05) is 30.1 Å². The standard InChI is InChI=1S/C24H24Cl2F2N6O/c1-2-18-21(14-3-4-20(29)30-11-14)23(32-13-31-18)15-9-16(25)22(17(26)10-15)24(35)34-7-5-33(6-8-34)12-19(27)28/h3-4,9-11,13,19H,2,5-8,12H2,1H3,(H2,29,30). The van der Waals surface area contributed by atoms with Gasteiger partial charge in [0.2, 0.25) is 0 Å². The van der Waals surface area contributed by atoms with E-state index in [0.717, 1.165) is 16.8 Å². The highest BCUT2D eigenvalue weighted by Crippen LogP contribution is 2.37. The van der Waals surface area contributed by atoms with Crippen LogP contribution in [0.5, 0.6) is 0 Å². The van der Waals surface area contributed by atoms with Crippen molar-refractivity contribution in [3.05, 3.63) is 58.1 Å². The number of hydrogen-bond acceptors (Lipinski definition) is 6. The zero-order valence-electron chi connectivity index (χ0n) is 19.0. The number of piperazine rings is 1. The van der Waals surface area contributed by atoms with E-state index in [4.69, 9.17) is 28.9 Å². The number of aromatic nitrogens is 3. The number of nitrogens with two attached hydrogens (primary N) is 1. The Kier molecular flexibility index (Phi) is 7.78. The van der Waals surface area contributed by atoms with Crippen molar-refractivity contribution in [2.75, 3.05) is 38.5 Å². The number of anilines is 1. The van der Waals surface area contributed by atoms with Crippen molar-refractivity contribution in [2.24, 2.45) is 0 Å². The zero-order valence-corrected chi connectivity index (χ0v) is 20.5. The normalized spacial score (nSPS) is 14.5. The number of rotatable bonds is 6. The molecule has 0 bridgehead atoms. The summed E-state index contributed by atoms with van der Waals surface area (Å²) in [5.74, 6) is 0.0670. The quantitative estimate of drug-likeness (QED) is 0.507. The Bertz CT molecular complexity index is 1190. The molecule has 1 aliphatic heterocycles. The number of amides is 1. The maximum atomic E-state index is 13.2. The molecule has 0 unspecified atom stereocenters. The maximum absolute atomic E-state index is 13.2. The first kappa shape index (κ1) is 25.2. The van der Waals surface area contributed by atoms with E-state index in [9.17, 15) is 13.6 Å². The van der Waals surface area contributed by atoms with Crippen LogP contribution in [-0.2, 0) is 6.42 Å². The van der Waals surface area contributed by atoms with Crippen LogP contribution in [0, 0.1) is 0 Å². The van der Waals surface area contributed by atoms with Crippen LogP contribution >= 0.6 is 23.2 Å². The molecule has 184 valence electrons. The largest absolute Gasteiger partial charge is 0.384 e. The number of hydrogen-bond donors (Lipinski definition) is 1. The third-order valence-electron chi connectivity index (χ3n) is 5.92. The van der Waals surface area contributed by atoms with E-state index >= 15 is 0 Å². The first-order valence-corrected chi connectivity index (χ1v) is 11.9. The van der Waals surface area contributed by atoms with Crippen LogP contribution in [0.4, 0.5) is 14.6 Å². The summed E-state index contributed by atoms with van der Waals surface area (Å²) < 4.78 is 25.3. The van der Waals surface area contributed by atoms with Gasteiger partial charge in [-0.3, -0.25) is 9.69 Å². The lowest BCUT2D eigenvalue weighted by atomic mass is 9.97. The SMILES string of the molecule is CCc1ncnc(-c2cc(Cl)c(C(=O)N3CCN(CC(F)F)CC3)c(Cl)c2)c1-c1ccc(N)nc1. The second kappa shape index (κ2) is 10.8. The fourth-order valence-electron chi connectivity index (χ4n) is 4.17. The van der Waals surface area contributed by atoms with E-state index in [-0.39, 0.29) is 28.1 Å². The molecule has 3 aromatic rings. The smallest absolute Gasteiger partial charge is 0.256 e. The molecule has 1 aromatic carbocycles. The van der Waals surface area contributed by atoms with Crippen molar-refractivity contribution in [3.8, 4) is 22.4 Å². The molecule has 35 heavy (non-hydrogen) atoms. The van der Waals surface area contributed by atoms with Crippen molar-refractivity contribution in [1.29, 1.82) is 0 Å². The Morgan fingerprint density at radius 2 is 1.74 bits per heavy atom. The van der Waals surface area contributed by atoms with E-state index in [2.05, 4.69) is 15.0 Å². The molecule has 1 amide bonds. The van der Waals surface area contributed by atoms with Crippen molar-refractivity contribution in [2.45, 2.75) is 19.8 Å². The molecule has 0 atom stereocenters. The number of alkyl halides is 2. The van der Waals surface area contributed by atoms with E-state index in [1.807, 2.05) is 13.0 Å². The number of nitrogen functional groups attached to an aromatic ring is 1. The molecule has 2 aromatic heterocycles. The summed E-state index contributed by atoms with van der Waals surface area (Å²) in [5.41, 5.74) is 9.55. The topological polar surface area (TPSA) is 88.2 Å². The fraction of sp³-hybridized carbons (Fsp3) is 0.333. The molecule has 2 N–H and O–H groups in total. The van der Waals surface area contributed by atoms with Crippen LogP contribution in [0.15, 0.2) is 36.8 Å². The third kappa shape index (κ3) is 5.52. The van der Waals surface area contributed by atoms with Crippen molar-refractivity contribution < 1.29 is 13.6 Å². The summed E-state index contributed by atoms with van der Waals surface area (Å²) in [5, 5.41) is 0.371. The van der Waals surface area contributed by atoms with Gasteiger partial charge in [-0.25, -0.2) is 23.7 Å². The molecule has 7 nitrogen and oxygen atoms in total. The summed E-state index contributed by atoms with van der Waals surface area (Å²) in [6.07, 6.45) is 1.39. The number of aryl methyl sites for hydroxylation is 1. The Balaban J connectivity index is 1.66. The summed E-state index contributed by atoms with van der Waals surface area (Å²) in [4.78, 5) is 29.5. The minimum atomic E-state index is -2.40. The highest BCUT2D eigenvalue weighted by Gasteiger charge is 2.27. The van der Waals surface area contributed by atoms with Gasteiger partial charge in [0, 0.05) is 49.1 Å². The summed E-state index contributed by atoms with van der Waals surface area (Å²) in [6, 6.07) is 6.86. The van der Waals surface area contributed by atoms with Crippen LogP contribution in [0.2, 0.25) is 10.0 Å². The average Bonchev–Trinajstić information content (AvgIpc) is 2.83. The minimum absolute atomic E-state index is 0.180. The molecule has 0 aliphatic carbocycles. The second-order valence-electron chi connectivity index (χ2n) is 8.17. The maximum Gasteiger partial charge on any atom is 0.256 e. The predicted octanol–water partition coefficient (Wildman–Crippen LogP) is 4.68. The Labute approximate surface area is 211 Å². The second-order valence-corrected chi connectivity index (χ2v) is 8.98. The highest BCUT2D eigenvalue weighted by atomic mass is 35.5. The molecule has 1 fully saturated rings. The van der Waals surface area contributed by atoms with E-state index in [1.54, 1.807) is 34.2 Å². The summed E-state index contributed by atoms with van der Waals surface area (Å²) in [6.45, 7) is 3.05. The lowest BCUT2D eigenvalue weighted by Gasteiger charge is -2.34.